The molecule has 1 saturated heterocycles. The summed E-state index contributed by atoms with van der Waals surface area (Å²) >= 11 is 0. The van der Waals surface area contributed by atoms with Crippen LogP contribution in [0, 0.1) is 5.82 Å². The molecular formula is C11H14FNO. The van der Waals surface area contributed by atoms with Crippen molar-refractivity contribution in [2.45, 2.75) is 18.9 Å². The Morgan fingerprint density at radius 2 is 2.21 bits per heavy atom. The summed E-state index contributed by atoms with van der Waals surface area (Å²) < 4.78 is 18.7. The first-order valence-electron chi connectivity index (χ1n) is 4.98. The van der Waals surface area contributed by atoms with Gasteiger partial charge in [-0.2, -0.15) is 0 Å². The number of para-hydroxylation sites is 1. The van der Waals surface area contributed by atoms with Crippen LogP contribution in [-0.4, -0.2) is 19.2 Å². The first-order valence-corrected chi connectivity index (χ1v) is 4.98. The number of ether oxygens (including phenoxy) is 1. The van der Waals surface area contributed by atoms with Gasteiger partial charge in [0.25, 0.3) is 0 Å². The normalized spacial score (nSPS) is 21.9. The van der Waals surface area contributed by atoms with E-state index in [4.69, 9.17) is 4.74 Å². The highest BCUT2D eigenvalue weighted by atomic mass is 19.1. The van der Waals surface area contributed by atoms with Gasteiger partial charge < -0.3 is 10.1 Å². The van der Waals surface area contributed by atoms with Gasteiger partial charge in [0.1, 0.15) is 6.10 Å². The minimum atomic E-state index is -0.280. The van der Waals surface area contributed by atoms with Gasteiger partial charge in [-0.3, -0.25) is 0 Å². The molecule has 14 heavy (non-hydrogen) atoms. The fraction of sp³-hybridized carbons (Fsp3) is 0.455. The molecule has 1 N–H and O–H groups in total. The lowest BCUT2D eigenvalue weighted by atomic mass is 10.1. The Hall–Kier alpha value is -1.09. The van der Waals surface area contributed by atoms with Gasteiger partial charge in [-0.1, -0.05) is 12.1 Å². The minimum absolute atomic E-state index is 0.112. The number of halogens is 1. The second kappa shape index (κ2) is 4.42. The summed E-state index contributed by atoms with van der Waals surface area (Å²) in [5, 5.41) is 3.23. The third kappa shape index (κ3) is 2.23. The number of hydrogen-bond donors (Lipinski definition) is 1. The Kier molecular flexibility index (Phi) is 2.99. The van der Waals surface area contributed by atoms with Gasteiger partial charge >= 0.3 is 0 Å². The van der Waals surface area contributed by atoms with Crippen LogP contribution in [0.25, 0.3) is 0 Å². The summed E-state index contributed by atoms with van der Waals surface area (Å²) in [4.78, 5) is 0. The number of benzene rings is 1. The summed E-state index contributed by atoms with van der Waals surface area (Å²) in [6, 6.07) is 6.55. The Balaban J connectivity index is 1.99. The first-order chi connectivity index (χ1) is 6.86. The van der Waals surface area contributed by atoms with Crippen LogP contribution in [0.15, 0.2) is 24.3 Å². The molecular weight excluding hydrogens is 181 g/mol. The van der Waals surface area contributed by atoms with Crippen LogP contribution >= 0.6 is 0 Å². The van der Waals surface area contributed by atoms with Crippen LogP contribution in [0.4, 0.5) is 4.39 Å². The number of nitrogens with one attached hydrogen (secondary N) is 1. The maximum Gasteiger partial charge on any atom is 0.165 e. The van der Waals surface area contributed by atoms with Gasteiger partial charge in [-0.15, -0.1) is 0 Å². The molecule has 1 aromatic carbocycles. The van der Waals surface area contributed by atoms with Crippen LogP contribution in [0.3, 0.4) is 0 Å². The summed E-state index contributed by atoms with van der Waals surface area (Å²) in [6.07, 6.45) is 2.21. The molecule has 0 aliphatic carbocycles. The highest BCUT2D eigenvalue weighted by molar-refractivity contribution is 5.23. The van der Waals surface area contributed by atoms with Crippen molar-refractivity contribution < 1.29 is 9.13 Å². The SMILES string of the molecule is Fc1ccccc1O[C@H]1CCCNC1. The molecule has 0 bridgehead atoms. The van der Waals surface area contributed by atoms with E-state index in [0.717, 1.165) is 25.9 Å². The molecule has 1 atom stereocenters. The zero-order valence-corrected chi connectivity index (χ0v) is 8.00. The molecule has 1 aliphatic heterocycles. The predicted molar refractivity (Wildman–Crippen MR) is 52.9 cm³/mol. The van der Waals surface area contributed by atoms with Crippen molar-refractivity contribution in [1.29, 1.82) is 0 Å². The third-order valence-corrected chi connectivity index (χ3v) is 2.38. The highest BCUT2D eigenvalue weighted by Gasteiger charge is 2.15. The maximum atomic E-state index is 13.2. The van der Waals surface area contributed by atoms with Gasteiger partial charge in [0.05, 0.1) is 0 Å². The largest absolute Gasteiger partial charge is 0.486 e. The van der Waals surface area contributed by atoms with E-state index < -0.39 is 0 Å². The molecule has 0 saturated carbocycles. The predicted octanol–water partition coefficient (Wildman–Crippen LogP) is 1.96. The monoisotopic (exact) mass is 195 g/mol. The van der Waals surface area contributed by atoms with Crippen LogP contribution < -0.4 is 10.1 Å². The fourth-order valence-corrected chi connectivity index (χ4v) is 1.64. The molecule has 0 radical (unpaired) electrons. The van der Waals surface area contributed by atoms with E-state index >= 15 is 0 Å². The Morgan fingerprint density at radius 3 is 2.93 bits per heavy atom. The van der Waals surface area contributed by atoms with Crippen LogP contribution in [0.2, 0.25) is 0 Å². The van der Waals surface area contributed by atoms with E-state index in [1.54, 1.807) is 18.2 Å². The number of piperidine rings is 1. The number of hydrogen-bond acceptors (Lipinski definition) is 2. The molecule has 1 aliphatic rings. The minimum Gasteiger partial charge on any atom is -0.486 e. The standard InChI is InChI=1S/C11H14FNO/c12-10-5-1-2-6-11(10)14-9-4-3-7-13-8-9/h1-2,5-6,9,13H,3-4,7-8H2/t9-/m0/s1. The van der Waals surface area contributed by atoms with Crippen LogP contribution in [0.5, 0.6) is 5.75 Å². The van der Waals surface area contributed by atoms with Crippen molar-refractivity contribution in [2.24, 2.45) is 0 Å². The molecule has 3 heteroatoms. The van der Waals surface area contributed by atoms with E-state index in [1.807, 2.05) is 0 Å². The van der Waals surface area contributed by atoms with Crippen molar-refractivity contribution in [3.8, 4) is 5.75 Å². The van der Waals surface area contributed by atoms with Crippen molar-refractivity contribution in [3.05, 3.63) is 30.1 Å². The van der Waals surface area contributed by atoms with E-state index in [0.29, 0.717) is 5.75 Å². The zero-order valence-electron chi connectivity index (χ0n) is 8.00. The molecule has 0 spiro atoms. The first kappa shape index (κ1) is 9.46. The van der Waals surface area contributed by atoms with E-state index in [2.05, 4.69) is 5.32 Å². The molecule has 0 aromatic heterocycles. The molecule has 1 heterocycles. The smallest absolute Gasteiger partial charge is 0.165 e. The third-order valence-electron chi connectivity index (χ3n) is 2.38. The summed E-state index contributed by atoms with van der Waals surface area (Å²) in [6.45, 7) is 1.85. The van der Waals surface area contributed by atoms with Crippen LogP contribution in [-0.2, 0) is 0 Å². The van der Waals surface area contributed by atoms with Gasteiger partial charge in [0.15, 0.2) is 11.6 Å². The molecule has 0 unspecified atom stereocenters. The highest BCUT2D eigenvalue weighted by Crippen LogP contribution is 2.19. The molecule has 2 rings (SSSR count). The summed E-state index contributed by atoms with van der Waals surface area (Å²) in [5.74, 6) is 0.0827. The fourth-order valence-electron chi connectivity index (χ4n) is 1.64. The summed E-state index contributed by atoms with van der Waals surface area (Å²) in [5.41, 5.74) is 0. The molecule has 1 fully saturated rings. The second-order valence-corrected chi connectivity index (χ2v) is 3.52. The number of rotatable bonds is 2. The topological polar surface area (TPSA) is 21.3 Å². The lowest BCUT2D eigenvalue weighted by Gasteiger charge is -2.23. The second-order valence-electron chi connectivity index (χ2n) is 3.52. The quantitative estimate of drug-likeness (QED) is 0.778. The molecule has 1 aromatic rings. The van der Waals surface area contributed by atoms with Crippen molar-refractivity contribution in [2.75, 3.05) is 13.1 Å². The van der Waals surface area contributed by atoms with Crippen LogP contribution in [0.1, 0.15) is 12.8 Å². The van der Waals surface area contributed by atoms with E-state index in [9.17, 15) is 4.39 Å². The van der Waals surface area contributed by atoms with Crippen molar-refractivity contribution in [1.82, 2.24) is 5.32 Å². The van der Waals surface area contributed by atoms with Gasteiger partial charge in [-0.05, 0) is 31.5 Å². The molecule has 2 nitrogen and oxygen atoms in total. The van der Waals surface area contributed by atoms with Crippen molar-refractivity contribution in [3.63, 3.8) is 0 Å². The zero-order chi connectivity index (χ0) is 9.80. The van der Waals surface area contributed by atoms with E-state index in [-0.39, 0.29) is 11.9 Å². The van der Waals surface area contributed by atoms with Gasteiger partial charge in [0.2, 0.25) is 0 Å². The lowest BCUT2D eigenvalue weighted by molar-refractivity contribution is 0.160. The van der Waals surface area contributed by atoms with E-state index in [1.165, 1.54) is 6.07 Å². The average Bonchev–Trinajstić information content (AvgIpc) is 2.23. The Morgan fingerprint density at radius 1 is 1.36 bits per heavy atom. The molecule has 76 valence electrons. The Bertz CT molecular complexity index is 297. The lowest BCUT2D eigenvalue weighted by Crippen LogP contribution is -2.37. The van der Waals surface area contributed by atoms with Gasteiger partial charge in [-0.25, -0.2) is 4.39 Å². The average molecular weight is 195 g/mol. The maximum absolute atomic E-state index is 13.2. The van der Waals surface area contributed by atoms with Crippen molar-refractivity contribution >= 4 is 0 Å². The molecule has 0 amide bonds. The summed E-state index contributed by atoms with van der Waals surface area (Å²) in [7, 11) is 0. The van der Waals surface area contributed by atoms with Gasteiger partial charge in [0, 0.05) is 6.54 Å². The Labute approximate surface area is 83.1 Å².